The molecule has 1 fully saturated rings. The van der Waals surface area contributed by atoms with Gasteiger partial charge in [0.25, 0.3) is 0 Å². The monoisotopic (exact) mass is 215 g/mol. The summed E-state index contributed by atoms with van der Waals surface area (Å²) in [6.07, 6.45) is 4.87. The number of rotatable bonds is 4. The molecule has 0 spiro atoms. The van der Waals surface area contributed by atoms with Gasteiger partial charge in [0.1, 0.15) is 0 Å². The Kier molecular flexibility index (Phi) is 3.26. The van der Waals surface area contributed by atoms with E-state index < -0.39 is 0 Å². The molecule has 1 aromatic rings. The molecule has 0 aromatic heterocycles. The highest BCUT2D eigenvalue weighted by Gasteiger charge is 2.36. The molecule has 1 saturated carbocycles. The topological polar surface area (TPSA) is 44.0 Å². The Morgan fingerprint density at radius 2 is 1.81 bits per heavy atom. The van der Waals surface area contributed by atoms with Gasteiger partial charge in [-0.15, -0.1) is 0 Å². The molecule has 0 atom stereocenters. The summed E-state index contributed by atoms with van der Waals surface area (Å²) in [6, 6.07) is 10.7. The molecule has 0 heterocycles. The van der Waals surface area contributed by atoms with Crippen molar-refractivity contribution in [1.82, 2.24) is 0 Å². The van der Waals surface area contributed by atoms with Crippen LogP contribution in [0.4, 0.5) is 0 Å². The van der Waals surface area contributed by atoms with Gasteiger partial charge in [-0.1, -0.05) is 30.7 Å². The number of nitriles is 1. The average molecular weight is 215 g/mol. The largest absolute Gasteiger partial charge is 0.396 e. The lowest BCUT2D eigenvalue weighted by molar-refractivity contribution is 0.214. The predicted octanol–water partition coefficient (Wildman–Crippen LogP) is 2.46. The zero-order valence-corrected chi connectivity index (χ0v) is 9.45. The summed E-state index contributed by atoms with van der Waals surface area (Å²) in [7, 11) is 0. The summed E-state index contributed by atoms with van der Waals surface area (Å²) in [5, 5.41) is 18.0. The Balaban J connectivity index is 2.02. The fourth-order valence-corrected chi connectivity index (χ4v) is 2.28. The third-order valence-corrected chi connectivity index (χ3v) is 3.51. The van der Waals surface area contributed by atoms with Gasteiger partial charge in [-0.3, -0.25) is 0 Å². The van der Waals surface area contributed by atoms with E-state index in [0.717, 1.165) is 24.8 Å². The van der Waals surface area contributed by atoms with Crippen molar-refractivity contribution in [2.45, 2.75) is 32.1 Å². The second-order valence-corrected chi connectivity index (χ2v) is 4.71. The van der Waals surface area contributed by atoms with E-state index >= 15 is 0 Å². The van der Waals surface area contributed by atoms with Crippen LogP contribution >= 0.6 is 0 Å². The van der Waals surface area contributed by atoms with Crippen molar-refractivity contribution in [2.75, 3.05) is 6.61 Å². The van der Waals surface area contributed by atoms with Crippen LogP contribution in [-0.2, 0) is 12.8 Å². The van der Waals surface area contributed by atoms with E-state index in [4.69, 9.17) is 10.4 Å². The number of nitrogens with zero attached hydrogens (tertiary/aromatic N) is 1. The molecule has 0 bridgehead atoms. The first kappa shape index (κ1) is 11.2. The minimum atomic E-state index is -0.0848. The maximum Gasteiger partial charge on any atom is 0.0693 e. The van der Waals surface area contributed by atoms with Crippen molar-refractivity contribution in [3.8, 4) is 6.07 Å². The van der Waals surface area contributed by atoms with Crippen LogP contribution < -0.4 is 0 Å². The van der Waals surface area contributed by atoms with Gasteiger partial charge in [0.2, 0.25) is 0 Å². The van der Waals surface area contributed by atoms with Crippen molar-refractivity contribution in [1.29, 1.82) is 5.26 Å². The molecule has 0 saturated heterocycles. The highest BCUT2D eigenvalue weighted by molar-refractivity contribution is 5.25. The van der Waals surface area contributed by atoms with Crippen LogP contribution in [-0.4, -0.2) is 11.7 Å². The molecular formula is C14H17NO. The molecule has 84 valence electrons. The fourth-order valence-electron chi connectivity index (χ4n) is 2.28. The molecule has 16 heavy (non-hydrogen) atoms. The van der Waals surface area contributed by atoms with E-state index in [9.17, 15) is 0 Å². The first-order chi connectivity index (χ1) is 7.78. The molecule has 1 N–H and O–H groups in total. The van der Waals surface area contributed by atoms with Crippen molar-refractivity contribution >= 4 is 0 Å². The average Bonchev–Trinajstić information content (AvgIpc) is 2.26. The van der Waals surface area contributed by atoms with E-state index in [1.165, 1.54) is 12.0 Å². The number of hydrogen-bond donors (Lipinski definition) is 1. The summed E-state index contributed by atoms with van der Waals surface area (Å²) < 4.78 is 0. The number of aliphatic hydroxyl groups is 1. The minimum absolute atomic E-state index is 0.0848. The summed E-state index contributed by atoms with van der Waals surface area (Å²) in [5.74, 6) is 0. The molecule has 2 rings (SSSR count). The Morgan fingerprint density at radius 1 is 1.19 bits per heavy atom. The smallest absolute Gasteiger partial charge is 0.0693 e. The normalized spacial score (nSPS) is 17.5. The maximum absolute atomic E-state index is 9.15. The molecule has 0 aliphatic heterocycles. The van der Waals surface area contributed by atoms with Gasteiger partial charge >= 0.3 is 0 Å². The standard InChI is InChI=1S/C14H17NO/c15-11-14(7-1-8-14)10-13-4-2-12(3-5-13)6-9-16/h2-5,16H,1,6-10H2. The number of hydrogen-bond acceptors (Lipinski definition) is 2. The molecule has 1 aromatic carbocycles. The van der Waals surface area contributed by atoms with Gasteiger partial charge in [-0.25, -0.2) is 0 Å². The summed E-state index contributed by atoms with van der Waals surface area (Å²) in [6.45, 7) is 0.196. The van der Waals surface area contributed by atoms with Gasteiger partial charge in [0.15, 0.2) is 0 Å². The van der Waals surface area contributed by atoms with E-state index in [1.807, 2.05) is 0 Å². The summed E-state index contributed by atoms with van der Waals surface area (Å²) in [4.78, 5) is 0. The van der Waals surface area contributed by atoms with Gasteiger partial charge in [-0.2, -0.15) is 5.26 Å². The van der Waals surface area contributed by atoms with Crippen molar-refractivity contribution in [3.63, 3.8) is 0 Å². The first-order valence-electron chi connectivity index (χ1n) is 5.88. The SMILES string of the molecule is N#CC1(Cc2ccc(CCO)cc2)CCC1. The molecular weight excluding hydrogens is 198 g/mol. The van der Waals surface area contributed by atoms with Crippen LogP contribution in [0.5, 0.6) is 0 Å². The lowest BCUT2D eigenvalue weighted by atomic mass is 9.66. The maximum atomic E-state index is 9.15. The third kappa shape index (κ3) is 2.25. The van der Waals surface area contributed by atoms with Crippen LogP contribution in [0.15, 0.2) is 24.3 Å². The quantitative estimate of drug-likeness (QED) is 0.838. The number of benzene rings is 1. The number of aliphatic hydroxyl groups excluding tert-OH is 1. The zero-order chi connectivity index (χ0) is 11.4. The molecule has 1 aliphatic rings. The highest BCUT2D eigenvalue weighted by Crippen LogP contribution is 2.42. The van der Waals surface area contributed by atoms with Crippen molar-refractivity contribution < 1.29 is 5.11 Å². The van der Waals surface area contributed by atoms with Crippen LogP contribution in [0.1, 0.15) is 30.4 Å². The molecule has 1 aliphatic carbocycles. The third-order valence-electron chi connectivity index (χ3n) is 3.51. The molecule has 0 amide bonds. The Labute approximate surface area is 96.5 Å². The van der Waals surface area contributed by atoms with E-state index in [1.54, 1.807) is 0 Å². The van der Waals surface area contributed by atoms with E-state index in [0.29, 0.717) is 6.42 Å². The second kappa shape index (κ2) is 4.67. The van der Waals surface area contributed by atoms with Crippen LogP contribution in [0.3, 0.4) is 0 Å². The van der Waals surface area contributed by atoms with Gasteiger partial charge in [0.05, 0.1) is 11.5 Å². The van der Waals surface area contributed by atoms with E-state index in [2.05, 4.69) is 30.3 Å². The predicted molar refractivity (Wildman–Crippen MR) is 62.8 cm³/mol. The minimum Gasteiger partial charge on any atom is -0.396 e. The Bertz CT molecular complexity index is 384. The molecule has 2 heteroatoms. The molecule has 0 unspecified atom stereocenters. The lowest BCUT2D eigenvalue weighted by Crippen LogP contribution is -2.29. The van der Waals surface area contributed by atoms with Crippen LogP contribution in [0.2, 0.25) is 0 Å². The fraction of sp³-hybridized carbons (Fsp3) is 0.500. The van der Waals surface area contributed by atoms with Crippen LogP contribution in [0.25, 0.3) is 0 Å². The molecule has 0 radical (unpaired) electrons. The van der Waals surface area contributed by atoms with Gasteiger partial charge < -0.3 is 5.11 Å². The zero-order valence-electron chi connectivity index (χ0n) is 9.45. The van der Waals surface area contributed by atoms with Gasteiger partial charge in [0, 0.05) is 6.61 Å². The first-order valence-corrected chi connectivity index (χ1v) is 5.88. The summed E-state index contributed by atoms with van der Waals surface area (Å²) in [5.41, 5.74) is 2.31. The van der Waals surface area contributed by atoms with Crippen LogP contribution in [0, 0.1) is 16.7 Å². The Hall–Kier alpha value is -1.33. The van der Waals surface area contributed by atoms with Crippen molar-refractivity contribution in [2.24, 2.45) is 5.41 Å². The Morgan fingerprint density at radius 3 is 2.25 bits per heavy atom. The van der Waals surface area contributed by atoms with Crippen molar-refractivity contribution in [3.05, 3.63) is 35.4 Å². The second-order valence-electron chi connectivity index (χ2n) is 4.71. The lowest BCUT2D eigenvalue weighted by Gasteiger charge is -2.35. The summed E-state index contributed by atoms with van der Waals surface area (Å²) >= 11 is 0. The van der Waals surface area contributed by atoms with E-state index in [-0.39, 0.29) is 12.0 Å². The highest BCUT2D eigenvalue weighted by atomic mass is 16.2. The molecule has 2 nitrogen and oxygen atoms in total. The van der Waals surface area contributed by atoms with Gasteiger partial charge in [-0.05, 0) is 36.8 Å².